The van der Waals surface area contributed by atoms with Crippen LogP contribution < -0.4 is 0 Å². The summed E-state index contributed by atoms with van der Waals surface area (Å²) < 4.78 is 28.0. The smallest absolute Gasteiger partial charge is 0.153 e. The van der Waals surface area contributed by atoms with Gasteiger partial charge in [-0.3, -0.25) is 0 Å². The average molecular weight is 377 g/mol. The fourth-order valence-electron chi connectivity index (χ4n) is 2.80. The average Bonchev–Trinajstić information content (AvgIpc) is 2.66. The van der Waals surface area contributed by atoms with Crippen LogP contribution in [0.3, 0.4) is 0 Å². The van der Waals surface area contributed by atoms with Gasteiger partial charge in [-0.15, -0.1) is 0 Å². The number of aliphatic imine (C=N–C) groups is 1. The third-order valence-electron chi connectivity index (χ3n) is 4.31. The van der Waals surface area contributed by atoms with Gasteiger partial charge in [-0.25, -0.2) is 8.78 Å². The number of hydrogen-bond acceptors (Lipinski definition) is 2. The number of halogens is 2. The molecule has 0 atom stereocenters. The van der Waals surface area contributed by atoms with Crippen LogP contribution in [0.15, 0.2) is 65.7 Å². The van der Waals surface area contributed by atoms with Gasteiger partial charge in [-0.1, -0.05) is 60.2 Å². The summed E-state index contributed by atoms with van der Waals surface area (Å²) in [5.41, 5.74) is 5.21. The van der Waals surface area contributed by atoms with Gasteiger partial charge < -0.3 is 0 Å². The van der Waals surface area contributed by atoms with E-state index >= 15 is 0 Å². The highest BCUT2D eigenvalue weighted by molar-refractivity contribution is 7.78. The molecule has 0 saturated carbocycles. The summed E-state index contributed by atoms with van der Waals surface area (Å²) in [6, 6.07) is 18.9. The lowest BCUT2D eigenvalue weighted by molar-refractivity contribution is 0.587. The highest BCUT2D eigenvalue weighted by atomic mass is 32.1. The van der Waals surface area contributed by atoms with Gasteiger partial charge in [-0.05, 0) is 66.0 Å². The summed E-state index contributed by atoms with van der Waals surface area (Å²) in [5, 5.41) is 1.99. The van der Waals surface area contributed by atoms with Crippen LogP contribution in [0.4, 0.5) is 14.5 Å². The summed E-state index contributed by atoms with van der Waals surface area (Å²) in [5.74, 6) is -1.52. The molecule has 3 aromatic rings. The van der Waals surface area contributed by atoms with Gasteiger partial charge in [0.1, 0.15) is 5.69 Å². The zero-order valence-electron chi connectivity index (χ0n) is 15.0. The van der Waals surface area contributed by atoms with E-state index in [9.17, 15) is 8.78 Å². The lowest BCUT2D eigenvalue weighted by Crippen LogP contribution is -1.89. The molecule has 0 saturated heterocycles. The molecular weight excluding hydrogens is 360 g/mol. The molecule has 3 aromatic carbocycles. The van der Waals surface area contributed by atoms with Crippen LogP contribution in [0.2, 0.25) is 0 Å². The maximum Gasteiger partial charge on any atom is 0.153 e. The molecule has 0 bridgehead atoms. The van der Waals surface area contributed by atoms with E-state index in [2.05, 4.69) is 48.4 Å². The summed E-state index contributed by atoms with van der Waals surface area (Å²) in [6.45, 7) is 3.87. The highest BCUT2D eigenvalue weighted by Gasteiger charge is 2.11. The third-order valence-corrected chi connectivity index (χ3v) is 4.40. The van der Waals surface area contributed by atoms with Crippen molar-refractivity contribution in [3.05, 3.63) is 89.0 Å². The Morgan fingerprint density at radius 2 is 1.44 bits per heavy atom. The van der Waals surface area contributed by atoms with E-state index in [-0.39, 0.29) is 0 Å². The number of rotatable bonds is 4. The minimum absolute atomic E-state index is 0.413. The van der Waals surface area contributed by atoms with Gasteiger partial charge in [-0.2, -0.15) is 4.99 Å². The molecule has 1 nitrogen and oxygen atoms in total. The van der Waals surface area contributed by atoms with Gasteiger partial charge in [0.2, 0.25) is 0 Å². The maximum atomic E-state index is 14.0. The van der Waals surface area contributed by atoms with Crippen LogP contribution in [-0.4, -0.2) is 5.16 Å². The van der Waals surface area contributed by atoms with Crippen molar-refractivity contribution in [3.8, 4) is 11.1 Å². The Labute approximate surface area is 162 Å². The summed E-state index contributed by atoms with van der Waals surface area (Å²) in [6.07, 6.45) is 1.88. The van der Waals surface area contributed by atoms with E-state index in [0.717, 1.165) is 22.3 Å². The van der Waals surface area contributed by atoms with Crippen molar-refractivity contribution in [2.24, 2.45) is 4.99 Å². The van der Waals surface area contributed by atoms with Gasteiger partial charge >= 0.3 is 0 Å². The first-order chi connectivity index (χ1) is 13.0. The number of allylic oxidation sites excluding steroid dienone is 1. The van der Waals surface area contributed by atoms with Gasteiger partial charge in [0, 0.05) is 0 Å². The molecule has 0 fully saturated rings. The Hall–Kier alpha value is -2.94. The van der Waals surface area contributed by atoms with Crippen molar-refractivity contribution in [2.45, 2.75) is 13.8 Å². The molecule has 0 radical (unpaired) electrons. The van der Waals surface area contributed by atoms with Crippen molar-refractivity contribution in [1.29, 1.82) is 0 Å². The first kappa shape index (κ1) is 18.8. The van der Waals surface area contributed by atoms with Gasteiger partial charge in [0.05, 0.1) is 5.16 Å². The molecule has 0 aliphatic heterocycles. The quantitative estimate of drug-likeness (QED) is 0.265. The number of aryl methyl sites for hydroxylation is 1. The van der Waals surface area contributed by atoms with Crippen LogP contribution in [-0.2, 0) is 0 Å². The molecular formula is C23H17F2NS. The van der Waals surface area contributed by atoms with E-state index in [0.29, 0.717) is 5.56 Å². The zero-order chi connectivity index (χ0) is 19.4. The summed E-state index contributed by atoms with van der Waals surface area (Å²) in [7, 11) is 0. The van der Waals surface area contributed by atoms with Crippen molar-refractivity contribution >= 4 is 34.7 Å². The van der Waals surface area contributed by atoms with E-state index in [1.165, 1.54) is 17.7 Å². The number of nitrogens with zero attached hydrogens (tertiary/aromatic N) is 1. The number of thiocarbonyl (C=S) groups is 1. The van der Waals surface area contributed by atoms with E-state index < -0.39 is 17.3 Å². The second-order valence-electron chi connectivity index (χ2n) is 6.31. The monoisotopic (exact) mass is 377 g/mol. The molecule has 0 aliphatic carbocycles. The number of benzene rings is 3. The lowest BCUT2D eigenvalue weighted by Gasteiger charge is -2.06. The predicted molar refractivity (Wildman–Crippen MR) is 111 cm³/mol. The van der Waals surface area contributed by atoms with Crippen LogP contribution in [0, 0.1) is 18.6 Å². The topological polar surface area (TPSA) is 12.4 Å². The summed E-state index contributed by atoms with van der Waals surface area (Å²) >= 11 is 4.42. The molecule has 0 N–H and O–H groups in total. The molecule has 27 heavy (non-hydrogen) atoms. The minimum atomic E-state index is -0.759. The second kappa shape index (κ2) is 8.17. The zero-order valence-corrected chi connectivity index (χ0v) is 15.8. The third kappa shape index (κ3) is 4.43. The molecule has 0 unspecified atom stereocenters. The molecule has 0 heterocycles. The fraction of sp³-hybridized carbons (Fsp3) is 0.0870. The minimum Gasteiger partial charge on any atom is -0.204 e. The molecule has 0 aliphatic rings. The molecule has 0 spiro atoms. The first-order valence-electron chi connectivity index (χ1n) is 8.40. The first-order valence-corrected chi connectivity index (χ1v) is 8.81. The molecule has 134 valence electrons. The molecule has 0 aromatic heterocycles. The van der Waals surface area contributed by atoms with Crippen molar-refractivity contribution in [1.82, 2.24) is 0 Å². The van der Waals surface area contributed by atoms with Crippen LogP contribution in [0.25, 0.3) is 22.8 Å². The van der Waals surface area contributed by atoms with E-state index in [1.807, 2.05) is 42.4 Å². The molecule has 4 heteroatoms. The largest absolute Gasteiger partial charge is 0.204 e. The molecule has 3 rings (SSSR count). The van der Waals surface area contributed by atoms with E-state index in [1.54, 1.807) is 0 Å². The highest BCUT2D eigenvalue weighted by Crippen LogP contribution is 2.28. The van der Waals surface area contributed by atoms with Crippen LogP contribution in [0.1, 0.15) is 23.6 Å². The Kier molecular flexibility index (Phi) is 5.70. The Morgan fingerprint density at radius 3 is 1.96 bits per heavy atom. The standard InChI is InChI=1S/C23H17F2NS/c1-15-3-7-18(8-4-15)19-9-5-17(6-10-19)11-16(2)20-12-21(24)23(26-14-27)22(25)13-20/h3-13H,1-2H3. The maximum absolute atomic E-state index is 14.0. The Balaban J connectivity index is 1.88. The van der Waals surface area contributed by atoms with Gasteiger partial charge in [0.15, 0.2) is 11.6 Å². The van der Waals surface area contributed by atoms with Crippen LogP contribution >= 0.6 is 12.2 Å². The van der Waals surface area contributed by atoms with Crippen molar-refractivity contribution in [2.75, 3.05) is 0 Å². The van der Waals surface area contributed by atoms with E-state index in [4.69, 9.17) is 0 Å². The summed E-state index contributed by atoms with van der Waals surface area (Å²) in [4.78, 5) is 3.43. The second-order valence-corrected chi connectivity index (χ2v) is 6.49. The van der Waals surface area contributed by atoms with Crippen LogP contribution in [0.5, 0.6) is 0 Å². The number of hydrogen-bond donors (Lipinski definition) is 0. The molecule has 0 amide bonds. The van der Waals surface area contributed by atoms with Gasteiger partial charge in [0.25, 0.3) is 0 Å². The Morgan fingerprint density at radius 1 is 0.926 bits per heavy atom. The van der Waals surface area contributed by atoms with Crippen molar-refractivity contribution < 1.29 is 8.78 Å². The Bertz CT molecular complexity index is 1020. The van der Waals surface area contributed by atoms with Crippen molar-refractivity contribution in [3.63, 3.8) is 0 Å². The normalized spacial score (nSPS) is 11.2. The number of isothiocyanates is 1. The fourth-order valence-corrected chi connectivity index (χ4v) is 2.89. The predicted octanol–water partition coefficient (Wildman–Crippen LogP) is 7.24. The lowest BCUT2D eigenvalue weighted by atomic mass is 10.0. The SMILES string of the molecule is CC(=Cc1ccc(-c2ccc(C)cc2)cc1)c1cc(F)c(N=C=S)c(F)c1.